The number of carbonyl (C=O) groups excluding carboxylic acids is 1. The Balaban J connectivity index is 1.68. The van der Waals surface area contributed by atoms with E-state index in [1.165, 1.54) is 5.56 Å². The number of carbonyl (C=O) groups is 1. The summed E-state index contributed by atoms with van der Waals surface area (Å²) < 4.78 is 7.43. The highest BCUT2D eigenvalue weighted by molar-refractivity contribution is 5.95. The number of nitrogens with zero attached hydrogens (tertiary/aromatic N) is 2. The Morgan fingerprint density at radius 2 is 1.44 bits per heavy atom. The highest BCUT2D eigenvalue weighted by Crippen LogP contribution is 2.36. The molecule has 0 bridgehead atoms. The van der Waals surface area contributed by atoms with Gasteiger partial charge in [-0.15, -0.1) is 0 Å². The summed E-state index contributed by atoms with van der Waals surface area (Å²) in [4.78, 5) is 17.2. The smallest absolute Gasteiger partial charge is 0.338 e. The third-order valence-electron chi connectivity index (χ3n) is 6.70. The molecule has 0 saturated carbocycles. The molecule has 194 valence electrons. The van der Waals surface area contributed by atoms with Crippen molar-refractivity contribution in [2.24, 2.45) is 4.99 Å². The predicted octanol–water partition coefficient (Wildman–Crippen LogP) is 8.86. The largest absolute Gasteiger partial charge is 0.462 e. The number of ether oxygens (including phenoxy) is 1. The van der Waals surface area contributed by atoms with Gasteiger partial charge in [0.05, 0.1) is 29.2 Å². The molecule has 0 atom stereocenters. The Morgan fingerprint density at radius 3 is 2.03 bits per heavy atom. The second-order valence-corrected chi connectivity index (χ2v) is 9.67. The van der Waals surface area contributed by atoms with Gasteiger partial charge in [0.15, 0.2) is 0 Å². The lowest BCUT2D eigenvalue weighted by atomic mass is 10.0. The van der Waals surface area contributed by atoms with Crippen molar-refractivity contribution in [2.45, 2.75) is 26.7 Å². The van der Waals surface area contributed by atoms with Gasteiger partial charge in [-0.3, -0.25) is 4.99 Å². The standard InChI is InChI=1S/C35H32N2O2/c1-4-39-35(38)29-17-21-32(22-18-29)37-33(27-11-7-5-8-12-27)23-30(34(37)28-13-9-6-10-14-28)24-36-31-19-15-26(16-20-31)25(2)3/h5-25H,4H2,1-3H3. The summed E-state index contributed by atoms with van der Waals surface area (Å²) in [6, 6.07) is 38.8. The second kappa shape index (κ2) is 11.8. The Hall–Kier alpha value is -4.70. The third kappa shape index (κ3) is 5.75. The summed E-state index contributed by atoms with van der Waals surface area (Å²) in [6.07, 6.45) is 1.95. The Morgan fingerprint density at radius 1 is 0.821 bits per heavy atom. The highest BCUT2D eigenvalue weighted by atomic mass is 16.5. The first-order valence-corrected chi connectivity index (χ1v) is 13.3. The van der Waals surface area contributed by atoms with E-state index in [1.807, 2.05) is 73.8 Å². The van der Waals surface area contributed by atoms with Crippen molar-refractivity contribution >= 4 is 17.9 Å². The Kier molecular flexibility index (Phi) is 7.83. The predicted molar refractivity (Wildman–Crippen MR) is 160 cm³/mol. The van der Waals surface area contributed by atoms with Crippen LogP contribution in [0.1, 0.15) is 48.2 Å². The molecule has 4 heteroatoms. The molecular weight excluding hydrogens is 480 g/mol. The fourth-order valence-electron chi connectivity index (χ4n) is 4.66. The van der Waals surface area contributed by atoms with Gasteiger partial charge in [-0.05, 0) is 72.0 Å². The molecule has 5 rings (SSSR count). The molecule has 0 saturated heterocycles. The normalized spacial score (nSPS) is 11.3. The van der Waals surface area contributed by atoms with Crippen molar-refractivity contribution in [3.8, 4) is 28.2 Å². The molecule has 1 aromatic heterocycles. The molecule has 0 aliphatic heterocycles. The fourth-order valence-corrected chi connectivity index (χ4v) is 4.66. The summed E-state index contributed by atoms with van der Waals surface area (Å²) in [5, 5.41) is 0. The molecule has 4 nitrogen and oxygen atoms in total. The molecule has 0 amide bonds. The molecule has 0 fully saturated rings. The van der Waals surface area contributed by atoms with Gasteiger partial charge in [-0.2, -0.15) is 0 Å². The zero-order valence-electron chi connectivity index (χ0n) is 22.5. The zero-order valence-corrected chi connectivity index (χ0v) is 22.5. The average Bonchev–Trinajstić information content (AvgIpc) is 3.37. The van der Waals surface area contributed by atoms with Crippen molar-refractivity contribution in [3.05, 3.63) is 132 Å². The number of hydrogen-bond acceptors (Lipinski definition) is 3. The lowest BCUT2D eigenvalue weighted by Gasteiger charge is -2.15. The molecular formula is C35H32N2O2. The van der Waals surface area contributed by atoms with Gasteiger partial charge in [-0.25, -0.2) is 4.79 Å². The van der Waals surface area contributed by atoms with Gasteiger partial charge in [0, 0.05) is 17.5 Å². The monoisotopic (exact) mass is 512 g/mol. The minimum atomic E-state index is -0.320. The number of rotatable bonds is 8. The van der Waals surface area contributed by atoms with Gasteiger partial charge in [0.1, 0.15) is 0 Å². The molecule has 0 aliphatic rings. The molecule has 0 N–H and O–H groups in total. The maximum absolute atomic E-state index is 12.3. The highest BCUT2D eigenvalue weighted by Gasteiger charge is 2.19. The van der Waals surface area contributed by atoms with Crippen molar-refractivity contribution in [2.75, 3.05) is 6.61 Å². The van der Waals surface area contributed by atoms with Crippen LogP contribution in [0.15, 0.2) is 120 Å². The molecule has 0 unspecified atom stereocenters. The van der Waals surface area contributed by atoms with E-state index in [-0.39, 0.29) is 5.97 Å². The summed E-state index contributed by atoms with van der Waals surface area (Å²) in [5.74, 6) is 0.157. The molecule has 5 aromatic rings. The van der Waals surface area contributed by atoms with Crippen LogP contribution >= 0.6 is 0 Å². The Labute approximate surface area is 230 Å². The van der Waals surface area contributed by atoms with Crippen LogP contribution in [-0.4, -0.2) is 23.4 Å². The van der Waals surface area contributed by atoms with Crippen LogP contribution in [0, 0.1) is 0 Å². The number of esters is 1. The van der Waals surface area contributed by atoms with Gasteiger partial charge >= 0.3 is 5.97 Å². The topological polar surface area (TPSA) is 43.6 Å². The first-order chi connectivity index (χ1) is 19.0. The number of benzene rings is 4. The number of aromatic nitrogens is 1. The molecule has 0 radical (unpaired) electrons. The van der Waals surface area contributed by atoms with Crippen molar-refractivity contribution in [1.82, 2.24) is 4.57 Å². The minimum absolute atomic E-state index is 0.320. The molecule has 1 heterocycles. The number of aliphatic imine (C=N–C) groups is 1. The van der Waals surface area contributed by atoms with Crippen LogP contribution in [0.5, 0.6) is 0 Å². The SMILES string of the molecule is CCOC(=O)c1ccc(-n2c(-c3ccccc3)cc(C=Nc3ccc(C(C)C)cc3)c2-c2ccccc2)cc1. The maximum Gasteiger partial charge on any atom is 0.338 e. The zero-order chi connectivity index (χ0) is 27.2. The van der Waals surface area contributed by atoms with Crippen LogP contribution < -0.4 is 0 Å². The van der Waals surface area contributed by atoms with E-state index in [4.69, 9.17) is 9.73 Å². The first-order valence-electron chi connectivity index (χ1n) is 13.3. The van der Waals surface area contributed by atoms with E-state index in [9.17, 15) is 4.79 Å². The minimum Gasteiger partial charge on any atom is -0.462 e. The first kappa shape index (κ1) is 25.9. The van der Waals surface area contributed by atoms with Crippen molar-refractivity contribution < 1.29 is 9.53 Å². The lowest BCUT2D eigenvalue weighted by Crippen LogP contribution is -2.05. The molecule has 4 aromatic carbocycles. The van der Waals surface area contributed by atoms with E-state index < -0.39 is 0 Å². The van der Waals surface area contributed by atoms with E-state index in [2.05, 4.69) is 73.0 Å². The van der Waals surface area contributed by atoms with Crippen LogP contribution in [0.2, 0.25) is 0 Å². The van der Waals surface area contributed by atoms with Crippen LogP contribution in [0.4, 0.5) is 5.69 Å². The molecule has 0 spiro atoms. The van der Waals surface area contributed by atoms with Crippen molar-refractivity contribution in [1.29, 1.82) is 0 Å². The van der Waals surface area contributed by atoms with E-state index in [1.54, 1.807) is 0 Å². The van der Waals surface area contributed by atoms with Crippen LogP contribution in [0.3, 0.4) is 0 Å². The van der Waals surface area contributed by atoms with E-state index >= 15 is 0 Å². The van der Waals surface area contributed by atoms with Gasteiger partial charge in [0.2, 0.25) is 0 Å². The quantitative estimate of drug-likeness (QED) is 0.154. The summed E-state index contributed by atoms with van der Waals surface area (Å²) >= 11 is 0. The van der Waals surface area contributed by atoms with Gasteiger partial charge in [0.25, 0.3) is 0 Å². The summed E-state index contributed by atoms with van der Waals surface area (Å²) in [6.45, 7) is 6.54. The average molecular weight is 513 g/mol. The fraction of sp³-hybridized carbons (Fsp3) is 0.143. The van der Waals surface area contributed by atoms with Gasteiger partial charge < -0.3 is 9.30 Å². The van der Waals surface area contributed by atoms with Gasteiger partial charge in [-0.1, -0.05) is 86.6 Å². The van der Waals surface area contributed by atoms with Crippen LogP contribution in [-0.2, 0) is 4.74 Å². The summed E-state index contributed by atoms with van der Waals surface area (Å²) in [5.41, 5.74) is 8.91. The maximum atomic E-state index is 12.3. The third-order valence-corrected chi connectivity index (χ3v) is 6.70. The molecule has 39 heavy (non-hydrogen) atoms. The number of hydrogen-bond donors (Lipinski definition) is 0. The molecule has 0 aliphatic carbocycles. The van der Waals surface area contributed by atoms with Crippen LogP contribution in [0.25, 0.3) is 28.2 Å². The second-order valence-electron chi connectivity index (χ2n) is 9.67. The van der Waals surface area contributed by atoms with E-state index in [0.717, 1.165) is 39.5 Å². The summed E-state index contributed by atoms with van der Waals surface area (Å²) in [7, 11) is 0. The van der Waals surface area contributed by atoms with Crippen molar-refractivity contribution in [3.63, 3.8) is 0 Å². The lowest BCUT2D eigenvalue weighted by molar-refractivity contribution is 0.0526. The Bertz CT molecular complexity index is 1560. The van der Waals surface area contributed by atoms with E-state index in [0.29, 0.717) is 18.1 Å².